The van der Waals surface area contributed by atoms with Gasteiger partial charge in [-0.05, 0) is 31.2 Å². The highest BCUT2D eigenvalue weighted by Gasteiger charge is 2.31. The first-order chi connectivity index (χ1) is 7.55. The zero-order chi connectivity index (χ0) is 12.0. The smallest absolute Gasteiger partial charge is 0.222 e. The second-order valence-corrected chi connectivity index (χ2v) is 5.68. The van der Waals surface area contributed by atoms with Crippen molar-refractivity contribution in [3.8, 4) is 0 Å². The molecule has 1 aliphatic heterocycles. The average Bonchev–Trinajstić information content (AvgIpc) is 2.58. The van der Waals surface area contributed by atoms with Gasteiger partial charge in [0.2, 0.25) is 5.91 Å². The lowest BCUT2D eigenvalue weighted by Crippen LogP contribution is -2.29. The van der Waals surface area contributed by atoms with Crippen LogP contribution in [0.25, 0.3) is 0 Å². The van der Waals surface area contributed by atoms with E-state index < -0.39 is 0 Å². The molecule has 0 spiro atoms. The van der Waals surface area contributed by atoms with Gasteiger partial charge < -0.3 is 10.6 Å². The first-order valence-electron chi connectivity index (χ1n) is 6.53. The van der Waals surface area contributed by atoms with Crippen molar-refractivity contribution in [1.29, 1.82) is 0 Å². The van der Waals surface area contributed by atoms with Crippen molar-refractivity contribution < 1.29 is 4.79 Å². The maximum absolute atomic E-state index is 11.9. The lowest BCUT2D eigenvalue weighted by molar-refractivity contribution is -0.130. The van der Waals surface area contributed by atoms with Crippen molar-refractivity contribution in [3.05, 3.63) is 0 Å². The molecule has 0 unspecified atom stereocenters. The number of likely N-dealkylation sites (tertiary alicyclic amines) is 1. The van der Waals surface area contributed by atoms with Crippen LogP contribution >= 0.6 is 12.4 Å². The summed E-state index contributed by atoms with van der Waals surface area (Å²) in [5, 5.41) is 0. The Morgan fingerprint density at radius 1 is 1.24 bits per heavy atom. The number of hydrogen-bond acceptors (Lipinski definition) is 2. The number of carbonyl (C=O) groups excluding carboxylic acids is 1. The van der Waals surface area contributed by atoms with Crippen molar-refractivity contribution >= 4 is 18.3 Å². The van der Waals surface area contributed by atoms with Gasteiger partial charge in [-0.3, -0.25) is 4.79 Å². The summed E-state index contributed by atoms with van der Waals surface area (Å²) < 4.78 is 0. The number of rotatable bonds is 6. The van der Waals surface area contributed by atoms with Gasteiger partial charge in [-0.1, -0.05) is 26.7 Å². The largest absolute Gasteiger partial charge is 0.342 e. The Morgan fingerprint density at radius 3 is 2.41 bits per heavy atom. The normalized spacial score (nSPS) is 17.9. The van der Waals surface area contributed by atoms with Crippen molar-refractivity contribution in [3.63, 3.8) is 0 Å². The Morgan fingerprint density at radius 2 is 1.88 bits per heavy atom. The molecule has 0 atom stereocenters. The van der Waals surface area contributed by atoms with E-state index in [1.807, 2.05) is 4.90 Å². The third-order valence-corrected chi connectivity index (χ3v) is 3.37. The fourth-order valence-corrected chi connectivity index (χ4v) is 2.26. The standard InChI is InChI=1S/C13H26N2O.ClH/c1-13(2)8-10-15(11-13)12(16)7-5-3-4-6-9-14;/h3-11,14H2,1-2H3;1H. The number of unbranched alkanes of at least 4 members (excludes halogenated alkanes) is 3. The second-order valence-electron chi connectivity index (χ2n) is 5.68. The number of carbonyl (C=O) groups is 1. The highest BCUT2D eigenvalue weighted by Crippen LogP contribution is 2.29. The topological polar surface area (TPSA) is 46.3 Å². The molecule has 17 heavy (non-hydrogen) atoms. The molecular formula is C13H27ClN2O. The van der Waals surface area contributed by atoms with Gasteiger partial charge in [0.1, 0.15) is 0 Å². The summed E-state index contributed by atoms with van der Waals surface area (Å²) in [6.45, 7) is 7.14. The molecule has 3 nitrogen and oxygen atoms in total. The van der Waals surface area contributed by atoms with E-state index in [1.165, 1.54) is 0 Å². The van der Waals surface area contributed by atoms with Crippen LogP contribution in [0.5, 0.6) is 0 Å². The molecule has 1 amide bonds. The van der Waals surface area contributed by atoms with Gasteiger partial charge in [-0.25, -0.2) is 0 Å². The van der Waals surface area contributed by atoms with Gasteiger partial charge >= 0.3 is 0 Å². The van der Waals surface area contributed by atoms with Crippen LogP contribution in [-0.4, -0.2) is 30.4 Å². The molecule has 1 fully saturated rings. The molecule has 1 saturated heterocycles. The first kappa shape index (κ1) is 16.7. The van der Waals surface area contributed by atoms with Crippen LogP contribution in [0.3, 0.4) is 0 Å². The van der Waals surface area contributed by atoms with Gasteiger partial charge in [-0.15, -0.1) is 12.4 Å². The fourth-order valence-electron chi connectivity index (χ4n) is 2.26. The average molecular weight is 263 g/mol. The number of halogens is 1. The Bertz CT molecular complexity index is 231. The third kappa shape index (κ3) is 6.27. The summed E-state index contributed by atoms with van der Waals surface area (Å²) in [7, 11) is 0. The fraction of sp³-hybridized carbons (Fsp3) is 0.923. The maximum Gasteiger partial charge on any atom is 0.222 e. The predicted molar refractivity (Wildman–Crippen MR) is 74.4 cm³/mol. The van der Waals surface area contributed by atoms with E-state index in [2.05, 4.69) is 13.8 Å². The molecule has 0 aromatic heterocycles. The minimum absolute atomic E-state index is 0. The Kier molecular flexibility index (Phi) is 7.80. The lowest BCUT2D eigenvalue weighted by Gasteiger charge is -2.19. The van der Waals surface area contributed by atoms with E-state index in [0.29, 0.717) is 11.3 Å². The highest BCUT2D eigenvalue weighted by atomic mass is 35.5. The Labute approximate surface area is 112 Å². The molecule has 1 aliphatic rings. The van der Waals surface area contributed by atoms with Crippen LogP contribution in [0, 0.1) is 5.41 Å². The van der Waals surface area contributed by atoms with Gasteiger partial charge in [0.05, 0.1) is 0 Å². The van der Waals surface area contributed by atoms with Crippen LogP contribution in [0.4, 0.5) is 0 Å². The first-order valence-corrected chi connectivity index (χ1v) is 6.53. The molecule has 0 aromatic rings. The van der Waals surface area contributed by atoms with Crippen LogP contribution in [0.2, 0.25) is 0 Å². The molecule has 2 N–H and O–H groups in total. The summed E-state index contributed by atoms with van der Waals surface area (Å²) in [5.74, 6) is 0.346. The van der Waals surface area contributed by atoms with Crippen molar-refractivity contribution in [2.24, 2.45) is 11.1 Å². The molecule has 0 aromatic carbocycles. The van der Waals surface area contributed by atoms with Gasteiger partial charge in [-0.2, -0.15) is 0 Å². The summed E-state index contributed by atoms with van der Waals surface area (Å²) >= 11 is 0. The summed E-state index contributed by atoms with van der Waals surface area (Å²) in [6, 6.07) is 0. The van der Waals surface area contributed by atoms with Gasteiger partial charge in [0.15, 0.2) is 0 Å². The molecule has 1 rings (SSSR count). The summed E-state index contributed by atoms with van der Waals surface area (Å²) in [6.07, 6.45) is 6.28. The van der Waals surface area contributed by atoms with E-state index in [0.717, 1.165) is 58.2 Å². The molecular weight excluding hydrogens is 236 g/mol. The SMILES string of the molecule is CC1(C)CCN(C(=O)CCCCCCN)C1.Cl. The molecule has 0 radical (unpaired) electrons. The van der Waals surface area contributed by atoms with E-state index in [4.69, 9.17) is 5.73 Å². The number of amides is 1. The van der Waals surface area contributed by atoms with Crippen molar-refractivity contribution in [1.82, 2.24) is 4.90 Å². The monoisotopic (exact) mass is 262 g/mol. The zero-order valence-corrected chi connectivity index (χ0v) is 12.0. The van der Waals surface area contributed by atoms with E-state index in [1.54, 1.807) is 0 Å². The zero-order valence-electron chi connectivity index (χ0n) is 11.2. The quantitative estimate of drug-likeness (QED) is 0.748. The Hall–Kier alpha value is -0.280. The lowest BCUT2D eigenvalue weighted by atomic mass is 9.93. The van der Waals surface area contributed by atoms with Crippen LogP contribution in [-0.2, 0) is 4.79 Å². The molecule has 1 heterocycles. The number of nitrogens with zero attached hydrogens (tertiary/aromatic N) is 1. The van der Waals surface area contributed by atoms with E-state index >= 15 is 0 Å². The van der Waals surface area contributed by atoms with Crippen molar-refractivity contribution in [2.45, 2.75) is 52.4 Å². The summed E-state index contributed by atoms with van der Waals surface area (Å²) in [4.78, 5) is 13.9. The second kappa shape index (κ2) is 7.93. The number of hydrogen-bond donors (Lipinski definition) is 1. The highest BCUT2D eigenvalue weighted by molar-refractivity contribution is 5.85. The molecule has 0 bridgehead atoms. The minimum atomic E-state index is 0. The van der Waals surface area contributed by atoms with E-state index in [9.17, 15) is 4.79 Å². The predicted octanol–water partition coefficient (Wildman–Crippen LogP) is 2.58. The van der Waals surface area contributed by atoms with E-state index in [-0.39, 0.29) is 12.4 Å². The third-order valence-electron chi connectivity index (χ3n) is 3.37. The number of nitrogens with two attached hydrogens (primary N) is 1. The van der Waals surface area contributed by atoms with Crippen LogP contribution in [0.1, 0.15) is 52.4 Å². The molecule has 0 saturated carbocycles. The van der Waals surface area contributed by atoms with Crippen molar-refractivity contribution in [2.75, 3.05) is 19.6 Å². The molecule has 4 heteroatoms. The van der Waals surface area contributed by atoms with Crippen LogP contribution in [0.15, 0.2) is 0 Å². The van der Waals surface area contributed by atoms with Gasteiger partial charge in [0.25, 0.3) is 0 Å². The minimum Gasteiger partial charge on any atom is -0.342 e. The van der Waals surface area contributed by atoms with Gasteiger partial charge in [0, 0.05) is 19.5 Å². The Balaban J connectivity index is 0.00000256. The van der Waals surface area contributed by atoms with Crippen LogP contribution < -0.4 is 5.73 Å². The maximum atomic E-state index is 11.9. The molecule has 0 aliphatic carbocycles. The molecule has 102 valence electrons. The summed E-state index contributed by atoms with van der Waals surface area (Å²) in [5.41, 5.74) is 5.75.